The molecule has 7 heteroatoms. The Labute approximate surface area is 181 Å². The number of aliphatic imine (C=N–C) groups is 1. The molecule has 6 nitrogen and oxygen atoms in total. The molecule has 0 spiro atoms. The molecule has 2 N–H and O–H groups in total. The van der Waals surface area contributed by atoms with Gasteiger partial charge in [-0.25, -0.2) is 0 Å². The summed E-state index contributed by atoms with van der Waals surface area (Å²) in [5.74, 6) is 2.35. The highest BCUT2D eigenvalue weighted by Gasteiger charge is 2.13. The van der Waals surface area contributed by atoms with Crippen molar-refractivity contribution >= 4 is 29.9 Å². The van der Waals surface area contributed by atoms with Crippen molar-refractivity contribution in [2.75, 3.05) is 59.6 Å². The highest BCUT2D eigenvalue weighted by molar-refractivity contribution is 14.0. The zero-order valence-electron chi connectivity index (χ0n) is 16.9. The van der Waals surface area contributed by atoms with Crippen LogP contribution in [0.5, 0.6) is 5.75 Å². The Morgan fingerprint density at radius 1 is 1.26 bits per heavy atom. The zero-order chi connectivity index (χ0) is 18.6. The van der Waals surface area contributed by atoms with E-state index in [0.29, 0.717) is 5.92 Å². The molecule has 0 bridgehead atoms. The summed E-state index contributed by atoms with van der Waals surface area (Å²) in [5, 5.41) is 6.76. The van der Waals surface area contributed by atoms with Gasteiger partial charge in [-0.2, -0.15) is 0 Å². The molecule has 0 amide bonds. The number of benzene rings is 1. The number of hydrogen-bond acceptors (Lipinski definition) is 4. The summed E-state index contributed by atoms with van der Waals surface area (Å²) >= 11 is 0. The Morgan fingerprint density at radius 3 is 2.70 bits per heavy atom. The lowest BCUT2D eigenvalue weighted by Crippen LogP contribution is -2.40. The molecule has 0 aliphatic carbocycles. The summed E-state index contributed by atoms with van der Waals surface area (Å²) in [4.78, 5) is 7.22. The number of guanidine groups is 1. The first-order chi connectivity index (χ1) is 12.7. The van der Waals surface area contributed by atoms with Gasteiger partial charge in [0.2, 0.25) is 0 Å². The number of ether oxygens (including phenoxy) is 2. The van der Waals surface area contributed by atoms with Gasteiger partial charge in [0.1, 0.15) is 5.75 Å². The van der Waals surface area contributed by atoms with E-state index in [1.807, 2.05) is 18.2 Å². The molecular formula is C20H35IN4O2. The Morgan fingerprint density at radius 2 is 2.00 bits per heavy atom. The van der Waals surface area contributed by atoms with Crippen LogP contribution in [0.2, 0.25) is 0 Å². The number of nitrogens with one attached hydrogen (secondary N) is 2. The highest BCUT2D eigenvalue weighted by Crippen LogP contribution is 2.17. The third-order valence-electron chi connectivity index (χ3n) is 4.46. The van der Waals surface area contributed by atoms with Gasteiger partial charge in [0, 0.05) is 39.3 Å². The van der Waals surface area contributed by atoms with Crippen molar-refractivity contribution < 1.29 is 9.47 Å². The summed E-state index contributed by atoms with van der Waals surface area (Å²) < 4.78 is 10.8. The molecule has 27 heavy (non-hydrogen) atoms. The highest BCUT2D eigenvalue weighted by atomic mass is 127. The molecule has 1 unspecified atom stereocenters. The average Bonchev–Trinajstić information content (AvgIpc) is 2.67. The molecule has 1 fully saturated rings. The second-order valence-electron chi connectivity index (χ2n) is 6.73. The molecule has 0 aromatic heterocycles. The average molecular weight is 490 g/mol. The van der Waals surface area contributed by atoms with Gasteiger partial charge in [-0.05, 0) is 30.9 Å². The quantitative estimate of drug-likeness (QED) is 0.316. The van der Waals surface area contributed by atoms with Crippen LogP contribution in [-0.2, 0) is 11.2 Å². The van der Waals surface area contributed by atoms with Crippen LogP contribution < -0.4 is 15.4 Å². The first kappa shape index (κ1) is 24.0. The summed E-state index contributed by atoms with van der Waals surface area (Å²) in [6.07, 6.45) is 0.901. The van der Waals surface area contributed by atoms with E-state index >= 15 is 0 Å². The van der Waals surface area contributed by atoms with Gasteiger partial charge in [-0.15, -0.1) is 24.0 Å². The summed E-state index contributed by atoms with van der Waals surface area (Å²) in [5.41, 5.74) is 1.21. The minimum absolute atomic E-state index is 0. The van der Waals surface area contributed by atoms with Crippen molar-refractivity contribution in [2.45, 2.75) is 20.3 Å². The van der Waals surface area contributed by atoms with Crippen molar-refractivity contribution in [3.63, 3.8) is 0 Å². The van der Waals surface area contributed by atoms with Crippen LogP contribution in [0, 0.1) is 5.92 Å². The predicted molar refractivity (Wildman–Crippen MR) is 123 cm³/mol. The Hall–Kier alpha value is -1.06. The number of methoxy groups -OCH3 is 1. The lowest BCUT2D eigenvalue weighted by Gasteiger charge is -2.28. The maximum atomic E-state index is 5.41. The largest absolute Gasteiger partial charge is 0.496 e. The lowest BCUT2D eigenvalue weighted by molar-refractivity contribution is 0.0323. The Bertz CT molecular complexity index is 551. The van der Waals surface area contributed by atoms with Gasteiger partial charge in [-0.3, -0.25) is 9.89 Å². The summed E-state index contributed by atoms with van der Waals surface area (Å²) in [6.45, 7) is 11.7. The molecule has 154 valence electrons. The van der Waals surface area contributed by atoms with Crippen LogP contribution in [0.1, 0.15) is 19.4 Å². The van der Waals surface area contributed by atoms with E-state index in [9.17, 15) is 0 Å². The monoisotopic (exact) mass is 490 g/mol. The number of para-hydroxylation sites is 1. The molecule has 1 aliphatic heterocycles. The SMILES string of the molecule is CCNC(=NCC(C)CN1CCOCC1)NCCc1ccccc1OC.I. The van der Waals surface area contributed by atoms with Crippen molar-refractivity contribution in [2.24, 2.45) is 10.9 Å². The van der Waals surface area contributed by atoms with Crippen LogP contribution in [0.3, 0.4) is 0 Å². The number of halogens is 1. The third-order valence-corrected chi connectivity index (χ3v) is 4.46. The van der Waals surface area contributed by atoms with Crippen LogP contribution >= 0.6 is 24.0 Å². The van der Waals surface area contributed by atoms with E-state index in [1.165, 1.54) is 5.56 Å². The summed E-state index contributed by atoms with van der Waals surface area (Å²) in [7, 11) is 1.72. The fourth-order valence-corrected chi connectivity index (χ4v) is 3.10. The molecule has 0 saturated carbocycles. The van der Waals surface area contributed by atoms with E-state index in [4.69, 9.17) is 14.5 Å². The fraction of sp³-hybridized carbons (Fsp3) is 0.650. The lowest BCUT2D eigenvalue weighted by atomic mass is 10.1. The smallest absolute Gasteiger partial charge is 0.191 e. The normalized spacial score (nSPS) is 16.3. The minimum Gasteiger partial charge on any atom is -0.496 e. The van der Waals surface area contributed by atoms with E-state index in [2.05, 4.69) is 35.4 Å². The Kier molecular flexibility index (Phi) is 12.4. The molecule has 1 saturated heterocycles. The molecule has 1 aromatic rings. The van der Waals surface area contributed by atoms with Gasteiger partial charge < -0.3 is 20.1 Å². The van der Waals surface area contributed by atoms with E-state index < -0.39 is 0 Å². The standard InChI is InChI=1S/C20H34N4O2.HI/c1-4-21-20(22-10-9-18-7-5-6-8-19(18)25-3)23-15-17(2)16-24-11-13-26-14-12-24;/h5-8,17H,4,9-16H2,1-3H3,(H2,21,22,23);1H. The van der Waals surface area contributed by atoms with Crippen molar-refractivity contribution in [1.82, 2.24) is 15.5 Å². The van der Waals surface area contributed by atoms with Gasteiger partial charge in [0.25, 0.3) is 0 Å². The molecule has 1 atom stereocenters. The van der Waals surface area contributed by atoms with E-state index in [1.54, 1.807) is 7.11 Å². The van der Waals surface area contributed by atoms with Gasteiger partial charge in [-0.1, -0.05) is 25.1 Å². The number of rotatable bonds is 9. The topological polar surface area (TPSA) is 58.1 Å². The van der Waals surface area contributed by atoms with Crippen LogP contribution in [0.25, 0.3) is 0 Å². The Balaban J connectivity index is 0.00000364. The van der Waals surface area contributed by atoms with Gasteiger partial charge in [0.15, 0.2) is 5.96 Å². The van der Waals surface area contributed by atoms with Gasteiger partial charge in [0.05, 0.1) is 20.3 Å². The third kappa shape index (κ3) is 9.12. The second kappa shape index (κ2) is 14.0. The van der Waals surface area contributed by atoms with E-state index in [-0.39, 0.29) is 24.0 Å². The minimum atomic E-state index is 0. The predicted octanol–water partition coefficient (Wildman–Crippen LogP) is 2.38. The molecule has 2 rings (SSSR count). The molecule has 0 radical (unpaired) electrons. The fourth-order valence-electron chi connectivity index (χ4n) is 3.10. The first-order valence-corrected chi connectivity index (χ1v) is 9.67. The summed E-state index contributed by atoms with van der Waals surface area (Å²) in [6, 6.07) is 8.15. The van der Waals surface area contributed by atoms with Crippen molar-refractivity contribution in [1.29, 1.82) is 0 Å². The molecule has 1 aliphatic rings. The molecule has 1 heterocycles. The van der Waals surface area contributed by atoms with Crippen LogP contribution in [0.15, 0.2) is 29.3 Å². The van der Waals surface area contributed by atoms with Crippen LogP contribution in [-0.4, -0.2) is 70.5 Å². The maximum absolute atomic E-state index is 5.41. The first-order valence-electron chi connectivity index (χ1n) is 9.67. The second-order valence-corrected chi connectivity index (χ2v) is 6.73. The van der Waals surface area contributed by atoms with Crippen molar-refractivity contribution in [3.05, 3.63) is 29.8 Å². The number of hydrogen-bond donors (Lipinski definition) is 2. The van der Waals surface area contributed by atoms with E-state index in [0.717, 1.165) is 70.6 Å². The zero-order valence-corrected chi connectivity index (χ0v) is 19.2. The maximum Gasteiger partial charge on any atom is 0.191 e. The molecular weight excluding hydrogens is 455 g/mol. The number of nitrogens with zero attached hydrogens (tertiary/aromatic N) is 2. The van der Waals surface area contributed by atoms with Crippen LogP contribution in [0.4, 0.5) is 0 Å². The van der Waals surface area contributed by atoms with Gasteiger partial charge >= 0.3 is 0 Å². The number of morpholine rings is 1. The molecule has 1 aromatic carbocycles. The van der Waals surface area contributed by atoms with Crippen molar-refractivity contribution in [3.8, 4) is 5.75 Å².